The van der Waals surface area contributed by atoms with Gasteiger partial charge in [-0.1, -0.05) is 11.6 Å². The van der Waals surface area contributed by atoms with Crippen molar-refractivity contribution in [3.05, 3.63) is 28.2 Å². The third-order valence-electron chi connectivity index (χ3n) is 4.81. The van der Waals surface area contributed by atoms with E-state index in [4.69, 9.17) is 26.0 Å². The van der Waals surface area contributed by atoms with E-state index in [0.717, 1.165) is 0 Å². The molecule has 1 amide bonds. The van der Waals surface area contributed by atoms with Gasteiger partial charge in [0, 0.05) is 30.7 Å². The molecule has 1 fully saturated rings. The first kappa shape index (κ1) is 21.4. The number of amides is 1. The Labute approximate surface area is 189 Å². The van der Waals surface area contributed by atoms with E-state index in [2.05, 4.69) is 16.0 Å². The van der Waals surface area contributed by atoms with Crippen molar-refractivity contribution >= 4 is 46.1 Å². The van der Waals surface area contributed by atoms with Crippen molar-refractivity contribution in [2.45, 2.75) is 39.3 Å². The number of halogens is 1. The van der Waals surface area contributed by atoms with Crippen LogP contribution >= 0.6 is 22.9 Å². The number of fused-ring (bicyclic) bond motifs is 1. The largest absolute Gasteiger partial charge is 0.444 e. The number of anilines is 1. The van der Waals surface area contributed by atoms with E-state index >= 15 is 0 Å². The monoisotopic (exact) mass is 459 g/mol. The zero-order chi connectivity index (χ0) is 22.3. The van der Waals surface area contributed by atoms with Crippen LogP contribution in [-0.2, 0) is 4.74 Å². The Hall–Kier alpha value is -2.83. The summed E-state index contributed by atoms with van der Waals surface area (Å²) in [5.41, 5.74) is 1.36. The van der Waals surface area contributed by atoms with Gasteiger partial charge in [0.1, 0.15) is 27.1 Å². The number of ether oxygens (including phenoxy) is 1. The highest BCUT2D eigenvalue weighted by molar-refractivity contribution is 7.15. The number of hydrogen-bond acceptors (Lipinski definition) is 8. The third kappa shape index (κ3) is 4.45. The lowest BCUT2D eigenvalue weighted by atomic mass is 10.2. The molecule has 0 saturated carbocycles. The summed E-state index contributed by atoms with van der Waals surface area (Å²) in [6.45, 7) is 9.14. The smallest absolute Gasteiger partial charge is 0.410 e. The molecule has 1 aromatic carbocycles. The van der Waals surface area contributed by atoms with Crippen LogP contribution in [0.1, 0.15) is 32.6 Å². The average Bonchev–Trinajstić information content (AvgIpc) is 3.32. The van der Waals surface area contributed by atoms with Gasteiger partial charge < -0.3 is 19.0 Å². The van der Waals surface area contributed by atoms with Crippen LogP contribution in [0.15, 0.2) is 22.7 Å². The molecule has 0 radical (unpaired) electrons. The second-order valence-corrected chi connectivity index (χ2v) is 9.88. The van der Waals surface area contributed by atoms with Crippen LogP contribution in [0.5, 0.6) is 0 Å². The van der Waals surface area contributed by atoms with Crippen molar-refractivity contribution in [3.63, 3.8) is 0 Å². The van der Waals surface area contributed by atoms with E-state index in [1.165, 1.54) is 17.5 Å². The molecule has 1 atom stereocenters. The number of carbonyl (C=O) groups excluding carboxylic acids is 1. The number of nitrogens with zero attached hydrogens (tertiary/aromatic N) is 5. The Morgan fingerprint density at radius 1 is 1.39 bits per heavy atom. The fourth-order valence-corrected chi connectivity index (χ4v) is 4.39. The molecule has 3 aromatic rings. The molecule has 0 bridgehead atoms. The summed E-state index contributed by atoms with van der Waals surface area (Å²) in [6.07, 6.45) is 1.21. The van der Waals surface area contributed by atoms with Gasteiger partial charge in [0.05, 0.1) is 11.8 Å². The lowest BCUT2D eigenvalue weighted by molar-refractivity contribution is 0.0216. The van der Waals surface area contributed by atoms with Crippen LogP contribution in [0.25, 0.3) is 21.7 Å². The number of rotatable bonds is 2. The van der Waals surface area contributed by atoms with E-state index in [9.17, 15) is 4.79 Å². The number of aromatic nitrogens is 2. The Kier molecular flexibility index (Phi) is 5.54. The van der Waals surface area contributed by atoms with Crippen LogP contribution in [0.2, 0.25) is 5.02 Å². The van der Waals surface area contributed by atoms with Gasteiger partial charge in [-0.05, 0) is 39.8 Å². The number of carbonyl (C=O) groups is 1. The van der Waals surface area contributed by atoms with Crippen molar-refractivity contribution in [2.75, 3.05) is 24.5 Å². The first-order valence-corrected chi connectivity index (χ1v) is 11.0. The summed E-state index contributed by atoms with van der Waals surface area (Å²) < 4.78 is 11.6. The fraction of sp³-hybridized carbons (Fsp3) is 0.429. The highest BCUT2D eigenvalue weighted by atomic mass is 35.5. The van der Waals surface area contributed by atoms with Gasteiger partial charge >= 0.3 is 6.09 Å². The van der Waals surface area contributed by atoms with Crippen molar-refractivity contribution < 1.29 is 13.9 Å². The highest BCUT2D eigenvalue weighted by Crippen LogP contribution is 2.37. The zero-order valence-corrected chi connectivity index (χ0v) is 19.3. The highest BCUT2D eigenvalue weighted by Gasteiger charge is 2.32. The predicted molar refractivity (Wildman–Crippen MR) is 119 cm³/mol. The molecule has 0 N–H and O–H groups in total. The second kappa shape index (κ2) is 8.02. The molecule has 1 unspecified atom stereocenters. The standard InChI is InChI=1S/C21H22ClN5O3S/c1-12-11-26(20(28)30-21(2,3)4)5-6-27(12)19-25-16-8-13(22)7-15(17(16)29-19)18-24-10-14(9-23)31-18/h7-8,10,12H,5-6,11H2,1-4H3. The maximum atomic E-state index is 12.4. The molecule has 0 spiro atoms. The fourth-order valence-electron chi connectivity index (χ4n) is 3.45. The van der Waals surface area contributed by atoms with Crippen LogP contribution < -0.4 is 4.90 Å². The Morgan fingerprint density at radius 3 is 2.81 bits per heavy atom. The lowest BCUT2D eigenvalue weighted by Gasteiger charge is -2.39. The number of benzene rings is 1. The number of thiazole rings is 1. The molecule has 8 nitrogen and oxygen atoms in total. The molecule has 1 aliphatic heterocycles. The lowest BCUT2D eigenvalue weighted by Crippen LogP contribution is -2.54. The summed E-state index contributed by atoms with van der Waals surface area (Å²) in [6, 6.07) is 6.06. The molecule has 2 aromatic heterocycles. The van der Waals surface area contributed by atoms with Crippen molar-refractivity contribution in [1.29, 1.82) is 5.26 Å². The first-order chi connectivity index (χ1) is 14.6. The Bertz CT molecular complexity index is 1180. The van der Waals surface area contributed by atoms with Gasteiger partial charge in [-0.25, -0.2) is 9.78 Å². The van der Waals surface area contributed by atoms with E-state index in [1.807, 2.05) is 32.6 Å². The van der Waals surface area contributed by atoms with E-state index in [1.54, 1.807) is 17.0 Å². The van der Waals surface area contributed by atoms with Crippen molar-refractivity contribution in [1.82, 2.24) is 14.9 Å². The van der Waals surface area contributed by atoms with Crippen LogP contribution in [0.3, 0.4) is 0 Å². The van der Waals surface area contributed by atoms with Gasteiger partial charge in [0.2, 0.25) is 0 Å². The molecule has 0 aliphatic carbocycles. The SMILES string of the molecule is CC1CN(C(=O)OC(C)(C)C)CCN1c1nc2cc(Cl)cc(-c3ncc(C#N)s3)c2o1. The number of piperazine rings is 1. The Balaban J connectivity index is 1.60. The minimum absolute atomic E-state index is 0.0155. The summed E-state index contributed by atoms with van der Waals surface area (Å²) in [4.78, 5) is 25.6. The quantitative estimate of drug-likeness (QED) is 0.536. The normalized spacial score (nSPS) is 17.1. The maximum Gasteiger partial charge on any atom is 0.410 e. The molecule has 4 rings (SSSR count). The van der Waals surface area contributed by atoms with Crippen LogP contribution in [0, 0.1) is 11.3 Å². The third-order valence-corrected chi connectivity index (χ3v) is 5.97. The predicted octanol–water partition coefficient (Wildman–Crippen LogP) is 4.92. The molecule has 1 aliphatic rings. The van der Waals surface area contributed by atoms with E-state index < -0.39 is 5.60 Å². The number of oxazole rings is 1. The average molecular weight is 460 g/mol. The molecule has 31 heavy (non-hydrogen) atoms. The molecule has 10 heteroatoms. The van der Waals surface area contributed by atoms with Crippen molar-refractivity contribution in [2.24, 2.45) is 0 Å². The topological polar surface area (TPSA) is 95.5 Å². The molecule has 162 valence electrons. The minimum atomic E-state index is -0.533. The summed E-state index contributed by atoms with van der Waals surface area (Å²) >= 11 is 7.58. The molecular formula is C21H22ClN5O3S. The van der Waals surface area contributed by atoms with Gasteiger partial charge in [-0.3, -0.25) is 0 Å². The maximum absolute atomic E-state index is 12.4. The number of nitriles is 1. The van der Waals surface area contributed by atoms with Crippen LogP contribution in [-0.4, -0.2) is 52.2 Å². The van der Waals surface area contributed by atoms with E-state index in [0.29, 0.717) is 57.2 Å². The van der Waals surface area contributed by atoms with Gasteiger partial charge in [0.25, 0.3) is 6.01 Å². The zero-order valence-electron chi connectivity index (χ0n) is 17.7. The van der Waals surface area contributed by atoms with Gasteiger partial charge in [-0.15, -0.1) is 11.3 Å². The van der Waals surface area contributed by atoms with Crippen LogP contribution in [0.4, 0.5) is 10.8 Å². The summed E-state index contributed by atoms with van der Waals surface area (Å²) in [7, 11) is 0. The minimum Gasteiger partial charge on any atom is -0.444 e. The molecule has 3 heterocycles. The van der Waals surface area contributed by atoms with Gasteiger partial charge in [-0.2, -0.15) is 10.2 Å². The summed E-state index contributed by atoms with van der Waals surface area (Å²) in [5.74, 6) is 0. The summed E-state index contributed by atoms with van der Waals surface area (Å²) in [5, 5.41) is 10.3. The van der Waals surface area contributed by atoms with Crippen molar-refractivity contribution in [3.8, 4) is 16.6 Å². The first-order valence-electron chi connectivity index (χ1n) is 9.85. The Morgan fingerprint density at radius 2 is 2.16 bits per heavy atom. The number of hydrogen-bond donors (Lipinski definition) is 0. The molecule has 1 saturated heterocycles. The second-order valence-electron chi connectivity index (χ2n) is 8.41. The van der Waals surface area contributed by atoms with E-state index in [-0.39, 0.29) is 12.1 Å². The van der Waals surface area contributed by atoms with Gasteiger partial charge in [0.15, 0.2) is 5.58 Å². The molecular weight excluding hydrogens is 438 g/mol.